The fourth-order valence-electron chi connectivity index (χ4n) is 1.01. The van der Waals surface area contributed by atoms with E-state index in [4.69, 9.17) is 11.6 Å². The average Bonchev–Trinajstić information content (AvgIpc) is 2.15. The first-order chi connectivity index (χ1) is 6.66. The predicted octanol–water partition coefficient (Wildman–Crippen LogP) is 2.85. The van der Waals surface area contributed by atoms with Crippen molar-refractivity contribution in [1.29, 1.82) is 0 Å². The van der Waals surface area contributed by atoms with Crippen LogP contribution in [0.2, 0.25) is 5.02 Å². The number of benzene rings is 1. The number of para-hydroxylation sites is 1. The first-order valence-electron chi connectivity index (χ1n) is 3.94. The Balaban J connectivity index is 3.08. The first-order valence-corrected chi connectivity index (χ1v) is 4.32. The Hall–Kier alpha value is -1.55. The molecule has 0 fully saturated rings. The second-order valence-electron chi connectivity index (χ2n) is 2.56. The van der Waals surface area contributed by atoms with Crippen molar-refractivity contribution in [2.24, 2.45) is 0 Å². The molecule has 1 aromatic rings. The van der Waals surface area contributed by atoms with Crippen LogP contribution in [0.4, 0.5) is 11.4 Å². The number of nitro groups is 1. The Labute approximate surface area is 86.3 Å². The van der Waals surface area contributed by atoms with Crippen LogP contribution in [0, 0.1) is 10.1 Å². The van der Waals surface area contributed by atoms with Crippen LogP contribution in [0.3, 0.4) is 0 Å². The van der Waals surface area contributed by atoms with Crippen molar-refractivity contribution < 1.29 is 4.92 Å². The van der Waals surface area contributed by atoms with Gasteiger partial charge in [-0.2, -0.15) is 0 Å². The minimum Gasteiger partial charge on any atom is -0.375 e. The van der Waals surface area contributed by atoms with E-state index in [0.717, 1.165) is 0 Å². The highest BCUT2D eigenvalue weighted by molar-refractivity contribution is 6.33. The summed E-state index contributed by atoms with van der Waals surface area (Å²) in [5.74, 6) is 0. The maximum atomic E-state index is 10.6. The molecular formula is C9H9ClN2O2. The number of halogens is 1. The smallest absolute Gasteiger partial charge is 0.293 e. The van der Waals surface area contributed by atoms with Crippen LogP contribution >= 0.6 is 11.6 Å². The molecule has 0 saturated carbocycles. The monoisotopic (exact) mass is 212 g/mol. The van der Waals surface area contributed by atoms with E-state index in [9.17, 15) is 10.1 Å². The summed E-state index contributed by atoms with van der Waals surface area (Å²) in [5, 5.41) is 13.8. The molecule has 0 saturated heterocycles. The molecule has 0 heterocycles. The lowest BCUT2D eigenvalue weighted by Gasteiger charge is -2.05. The standard InChI is InChI=1S/C9H9ClN2O2/c1-2-6-11-9-7(10)4-3-5-8(9)12(13)14/h2-5,11H,1,6H2. The number of hydrogen-bond acceptors (Lipinski definition) is 3. The Morgan fingerprint density at radius 1 is 1.64 bits per heavy atom. The Bertz CT molecular complexity index is 366. The van der Waals surface area contributed by atoms with E-state index in [1.807, 2.05) is 0 Å². The second kappa shape index (κ2) is 4.62. The Morgan fingerprint density at radius 3 is 2.93 bits per heavy atom. The van der Waals surface area contributed by atoms with E-state index in [1.165, 1.54) is 6.07 Å². The molecule has 4 nitrogen and oxygen atoms in total. The van der Waals surface area contributed by atoms with Gasteiger partial charge in [0.2, 0.25) is 0 Å². The van der Waals surface area contributed by atoms with Crippen molar-refractivity contribution in [2.45, 2.75) is 0 Å². The highest BCUT2D eigenvalue weighted by atomic mass is 35.5. The number of nitro benzene ring substituents is 1. The van der Waals surface area contributed by atoms with Gasteiger partial charge in [0.05, 0.1) is 9.95 Å². The van der Waals surface area contributed by atoms with Crippen molar-refractivity contribution in [3.8, 4) is 0 Å². The molecule has 0 aliphatic rings. The van der Waals surface area contributed by atoms with Gasteiger partial charge in [0.15, 0.2) is 0 Å². The summed E-state index contributed by atoms with van der Waals surface area (Å²) in [6.45, 7) is 3.94. The topological polar surface area (TPSA) is 55.2 Å². The minimum atomic E-state index is -0.475. The zero-order valence-corrected chi connectivity index (χ0v) is 8.12. The van der Waals surface area contributed by atoms with Crippen LogP contribution in [0.5, 0.6) is 0 Å². The number of anilines is 1. The summed E-state index contributed by atoms with van der Waals surface area (Å²) in [4.78, 5) is 10.1. The van der Waals surface area contributed by atoms with Gasteiger partial charge in [-0.15, -0.1) is 6.58 Å². The molecular weight excluding hydrogens is 204 g/mol. The maximum Gasteiger partial charge on any atom is 0.293 e. The van der Waals surface area contributed by atoms with Crippen molar-refractivity contribution in [3.63, 3.8) is 0 Å². The summed E-state index contributed by atoms with van der Waals surface area (Å²) >= 11 is 5.81. The normalized spacial score (nSPS) is 9.50. The average molecular weight is 213 g/mol. The highest BCUT2D eigenvalue weighted by Gasteiger charge is 2.15. The second-order valence-corrected chi connectivity index (χ2v) is 2.97. The van der Waals surface area contributed by atoms with Gasteiger partial charge in [-0.3, -0.25) is 10.1 Å². The van der Waals surface area contributed by atoms with E-state index >= 15 is 0 Å². The molecule has 0 aliphatic heterocycles. The highest BCUT2D eigenvalue weighted by Crippen LogP contribution is 2.31. The molecule has 1 rings (SSSR count). The molecule has 0 bridgehead atoms. The summed E-state index contributed by atoms with van der Waals surface area (Å²) in [6, 6.07) is 4.54. The van der Waals surface area contributed by atoms with Crippen molar-refractivity contribution in [2.75, 3.05) is 11.9 Å². The van der Waals surface area contributed by atoms with Gasteiger partial charge in [0.1, 0.15) is 5.69 Å². The van der Waals surface area contributed by atoms with E-state index in [1.54, 1.807) is 18.2 Å². The molecule has 0 atom stereocenters. The summed E-state index contributed by atoms with van der Waals surface area (Å²) < 4.78 is 0. The zero-order chi connectivity index (χ0) is 10.6. The predicted molar refractivity (Wildman–Crippen MR) is 56.8 cm³/mol. The molecule has 0 radical (unpaired) electrons. The fourth-order valence-corrected chi connectivity index (χ4v) is 1.25. The number of nitrogens with one attached hydrogen (secondary N) is 1. The molecule has 1 aromatic carbocycles. The van der Waals surface area contributed by atoms with Crippen LogP contribution < -0.4 is 5.32 Å². The largest absolute Gasteiger partial charge is 0.375 e. The minimum absolute atomic E-state index is 0.0284. The van der Waals surface area contributed by atoms with Crippen LogP contribution in [-0.4, -0.2) is 11.5 Å². The van der Waals surface area contributed by atoms with Crippen molar-refractivity contribution in [1.82, 2.24) is 0 Å². The SMILES string of the molecule is C=CCNc1c(Cl)cccc1[N+](=O)[O-]. The summed E-state index contributed by atoms with van der Waals surface area (Å²) in [6.07, 6.45) is 1.60. The molecule has 0 aromatic heterocycles. The number of rotatable bonds is 4. The molecule has 0 spiro atoms. The third-order valence-electron chi connectivity index (χ3n) is 1.61. The molecule has 14 heavy (non-hydrogen) atoms. The van der Waals surface area contributed by atoms with Crippen molar-refractivity contribution >= 4 is 23.0 Å². The zero-order valence-electron chi connectivity index (χ0n) is 7.37. The summed E-state index contributed by atoms with van der Waals surface area (Å²) in [5.41, 5.74) is 0.304. The molecule has 74 valence electrons. The van der Waals surface area contributed by atoms with Gasteiger partial charge >= 0.3 is 0 Å². The maximum absolute atomic E-state index is 10.6. The Kier molecular flexibility index (Phi) is 3.48. The van der Waals surface area contributed by atoms with E-state index in [0.29, 0.717) is 17.3 Å². The van der Waals surface area contributed by atoms with Gasteiger partial charge in [-0.05, 0) is 6.07 Å². The number of nitrogens with zero attached hydrogens (tertiary/aromatic N) is 1. The van der Waals surface area contributed by atoms with Crippen LogP contribution in [-0.2, 0) is 0 Å². The third-order valence-corrected chi connectivity index (χ3v) is 1.93. The van der Waals surface area contributed by atoms with E-state index in [-0.39, 0.29) is 5.69 Å². The van der Waals surface area contributed by atoms with Gasteiger partial charge < -0.3 is 5.32 Å². The van der Waals surface area contributed by atoms with Gasteiger partial charge in [-0.1, -0.05) is 23.7 Å². The van der Waals surface area contributed by atoms with E-state index < -0.39 is 4.92 Å². The van der Waals surface area contributed by atoms with Gasteiger partial charge in [0, 0.05) is 12.6 Å². The molecule has 0 unspecified atom stereocenters. The fraction of sp³-hybridized carbons (Fsp3) is 0.111. The third kappa shape index (κ3) is 2.23. The summed E-state index contributed by atoms with van der Waals surface area (Å²) in [7, 11) is 0. The molecule has 0 amide bonds. The van der Waals surface area contributed by atoms with Crippen molar-refractivity contribution in [3.05, 3.63) is 46.0 Å². The van der Waals surface area contributed by atoms with Gasteiger partial charge in [-0.25, -0.2) is 0 Å². The lowest BCUT2D eigenvalue weighted by molar-refractivity contribution is -0.383. The van der Waals surface area contributed by atoms with Crippen LogP contribution in [0.15, 0.2) is 30.9 Å². The molecule has 5 heteroatoms. The first kappa shape index (κ1) is 10.5. The van der Waals surface area contributed by atoms with Crippen LogP contribution in [0.25, 0.3) is 0 Å². The lowest BCUT2D eigenvalue weighted by Crippen LogP contribution is -2.02. The van der Waals surface area contributed by atoms with E-state index in [2.05, 4.69) is 11.9 Å². The lowest BCUT2D eigenvalue weighted by atomic mass is 10.2. The quantitative estimate of drug-likeness (QED) is 0.474. The van der Waals surface area contributed by atoms with Gasteiger partial charge in [0.25, 0.3) is 5.69 Å². The molecule has 1 N–H and O–H groups in total. The molecule has 0 aliphatic carbocycles. The Morgan fingerprint density at radius 2 is 2.36 bits per heavy atom. The van der Waals surface area contributed by atoms with Crippen LogP contribution in [0.1, 0.15) is 0 Å². The number of hydrogen-bond donors (Lipinski definition) is 1.